The van der Waals surface area contributed by atoms with Crippen molar-refractivity contribution in [3.05, 3.63) is 52.5 Å². The third kappa shape index (κ3) is 3.72. The highest BCUT2D eigenvalue weighted by atomic mass is 32.2. The Hall–Kier alpha value is -3.45. The molecule has 0 saturated carbocycles. The maximum absolute atomic E-state index is 13.8. The minimum Gasteiger partial charge on any atom is -0.467 e. The number of nitrogens with two attached hydrogens (primary N) is 1. The largest absolute Gasteiger partial charge is 0.467 e. The van der Waals surface area contributed by atoms with Crippen LogP contribution in [0.5, 0.6) is 5.88 Å². The van der Waals surface area contributed by atoms with Crippen molar-refractivity contribution in [2.45, 2.75) is 31.5 Å². The first-order valence-electron chi connectivity index (χ1n) is 9.70. The van der Waals surface area contributed by atoms with E-state index in [0.29, 0.717) is 22.6 Å². The SMILES string of the molecule is CN=S1(=O)Cc2ccc(C)cc2[C@@H](C)Oc2nc(cnc2N)-c2c(nn(C)c2C#N)C1. The molecule has 160 valence electrons. The van der Waals surface area contributed by atoms with Gasteiger partial charge in [0, 0.05) is 14.1 Å². The van der Waals surface area contributed by atoms with Crippen LogP contribution in [0.15, 0.2) is 28.8 Å². The lowest BCUT2D eigenvalue weighted by Crippen LogP contribution is -2.15. The average Bonchev–Trinajstić information content (AvgIpc) is 3.04. The van der Waals surface area contributed by atoms with Gasteiger partial charge in [0.05, 0.1) is 44.4 Å². The van der Waals surface area contributed by atoms with Gasteiger partial charge >= 0.3 is 0 Å². The topological polar surface area (TPSA) is 132 Å². The van der Waals surface area contributed by atoms with Gasteiger partial charge < -0.3 is 10.5 Å². The van der Waals surface area contributed by atoms with Gasteiger partial charge in [-0.3, -0.25) is 4.68 Å². The molecule has 1 unspecified atom stereocenters. The Balaban J connectivity index is 2.03. The van der Waals surface area contributed by atoms with E-state index in [1.165, 1.54) is 10.9 Å². The molecule has 0 fully saturated rings. The summed E-state index contributed by atoms with van der Waals surface area (Å²) in [5.74, 6) is 0.647. The van der Waals surface area contributed by atoms with E-state index in [2.05, 4.69) is 25.5 Å². The van der Waals surface area contributed by atoms with Crippen LogP contribution in [0.1, 0.15) is 41.1 Å². The number of nitrogen functional groups attached to an aromatic ring is 1. The Bertz CT molecular complexity index is 1350. The molecule has 0 amide bonds. The molecule has 4 rings (SSSR count). The van der Waals surface area contributed by atoms with Crippen molar-refractivity contribution < 1.29 is 8.95 Å². The van der Waals surface area contributed by atoms with Crippen LogP contribution < -0.4 is 10.5 Å². The molecule has 1 aliphatic heterocycles. The lowest BCUT2D eigenvalue weighted by molar-refractivity contribution is 0.217. The van der Waals surface area contributed by atoms with Crippen LogP contribution in [0.3, 0.4) is 0 Å². The molecular formula is C21H23N7O2S. The molecule has 2 bridgehead atoms. The summed E-state index contributed by atoms with van der Waals surface area (Å²) in [5, 5.41) is 14.2. The van der Waals surface area contributed by atoms with Gasteiger partial charge in [-0.15, -0.1) is 0 Å². The van der Waals surface area contributed by atoms with Crippen molar-refractivity contribution in [3.8, 4) is 23.2 Å². The van der Waals surface area contributed by atoms with Crippen LogP contribution in [-0.4, -0.2) is 31.0 Å². The molecule has 0 aliphatic carbocycles. The molecule has 0 spiro atoms. The molecular weight excluding hydrogens is 414 g/mol. The van der Waals surface area contributed by atoms with E-state index in [0.717, 1.165) is 16.7 Å². The van der Waals surface area contributed by atoms with Gasteiger partial charge in [0.25, 0.3) is 5.88 Å². The van der Waals surface area contributed by atoms with Crippen LogP contribution >= 0.6 is 0 Å². The molecule has 3 heterocycles. The smallest absolute Gasteiger partial charge is 0.258 e. The standard InChI is InChI=1S/C21H23N7O2S/c1-12-5-6-14-10-31(29,24-3)11-17-19(18(8-22)28(4)27-17)16-9-25-20(23)21(26-16)30-13(2)15(14)7-12/h5-7,9,13H,10-11H2,1-4H3,(H2,23,25)/t13-,31?/m1/s1. The summed E-state index contributed by atoms with van der Waals surface area (Å²) >= 11 is 0. The first kappa shape index (κ1) is 20.8. The van der Waals surface area contributed by atoms with Crippen molar-refractivity contribution in [2.75, 3.05) is 12.8 Å². The molecule has 3 aromatic rings. The average molecular weight is 438 g/mol. The zero-order valence-corrected chi connectivity index (χ0v) is 18.6. The Labute approximate surface area is 181 Å². The molecule has 2 N–H and O–H groups in total. The number of rotatable bonds is 0. The van der Waals surface area contributed by atoms with Crippen LogP contribution in [0.2, 0.25) is 0 Å². The van der Waals surface area contributed by atoms with Gasteiger partial charge in [-0.2, -0.15) is 10.4 Å². The number of aryl methyl sites for hydroxylation is 2. The van der Waals surface area contributed by atoms with Gasteiger partial charge in [-0.1, -0.05) is 23.8 Å². The summed E-state index contributed by atoms with van der Waals surface area (Å²) in [7, 11) is 0.496. The Kier molecular flexibility index (Phi) is 5.15. The number of ether oxygens (including phenoxy) is 1. The summed E-state index contributed by atoms with van der Waals surface area (Å²) in [4.78, 5) is 8.78. The first-order chi connectivity index (χ1) is 14.7. The van der Waals surface area contributed by atoms with Crippen LogP contribution in [0, 0.1) is 18.3 Å². The molecule has 1 aromatic carbocycles. The number of anilines is 1. The Morgan fingerprint density at radius 1 is 1.39 bits per heavy atom. The third-order valence-corrected chi connectivity index (χ3v) is 7.50. The zero-order valence-electron chi connectivity index (χ0n) is 17.8. The van der Waals surface area contributed by atoms with Crippen LogP contribution in [-0.2, 0) is 28.3 Å². The first-order valence-corrected chi connectivity index (χ1v) is 11.6. The van der Waals surface area contributed by atoms with E-state index in [1.807, 2.05) is 32.0 Å². The maximum Gasteiger partial charge on any atom is 0.258 e. The summed E-state index contributed by atoms with van der Waals surface area (Å²) in [6.45, 7) is 3.88. The highest BCUT2D eigenvalue weighted by molar-refractivity contribution is 7.92. The van der Waals surface area contributed by atoms with Crippen molar-refractivity contribution in [1.82, 2.24) is 19.7 Å². The predicted octanol–water partition coefficient (Wildman–Crippen LogP) is 2.89. The van der Waals surface area contributed by atoms with E-state index < -0.39 is 15.8 Å². The van der Waals surface area contributed by atoms with E-state index in [1.54, 1.807) is 14.1 Å². The maximum atomic E-state index is 13.8. The van der Waals surface area contributed by atoms with E-state index in [4.69, 9.17) is 10.5 Å². The number of aromatic nitrogens is 4. The zero-order chi connectivity index (χ0) is 22.3. The molecule has 0 radical (unpaired) electrons. The Morgan fingerprint density at radius 2 is 2.16 bits per heavy atom. The molecule has 10 heteroatoms. The fourth-order valence-electron chi connectivity index (χ4n) is 3.76. The second-order valence-corrected chi connectivity index (χ2v) is 10.0. The minimum absolute atomic E-state index is 0.0816. The lowest BCUT2D eigenvalue weighted by Gasteiger charge is -2.21. The normalized spacial score (nSPS) is 20.3. The van der Waals surface area contributed by atoms with Crippen molar-refractivity contribution >= 4 is 15.5 Å². The number of benzene rings is 1. The minimum atomic E-state index is -2.72. The van der Waals surface area contributed by atoms with E-state index >= 15 is 0 Å². The fourth-order valence-corrected chi connectivity index (χ4v) is 5.50. The summed E-state index contributed by atoms with van der Waals surface area (Å²) in [5.41, 5.74) is 10.5. The van der Waals surface area contributed by atoms with Crippen molar-refractivity contribution in [2.24, 2.45) is 11.4 Å². The van der Waals surface area contributed by atoms with E-state index in [9.17, 15) is 9.47 Å². The van der Waals surface area contributed by atoms with Gasteiger partial charge in [0.15, 0.2) is 5.82 Å². The number of hydrogen-bond acceptors (Lipinski definition) is 8. The summed E-state index contributed by atoms with van der Waals surface area (Å²) in [6, 6.07) is 8.09. The monoisotopic (exact) mass is 437 g/mol. The van der Waals surface area contributed by atoms with Crippen molar-refractivity contribution in [1.29, 1.82) is 5.26 Å². The molecule has 31 heavy (non-hydrogen) atoms. The second kappa shape index (κ2) is 7.67. The molecule has 2 aromatic heterocycles. The fraction of sp³-hybridized carbons (Fsp3) is 0.333. The van der Waals surface area contributed by atoms with Crippen LogP contribution in [0.25, 0.3) is 11.3 Å². The third-order valence-electron chi connectivity index (χ3n) is 5.35. The molecule has 1 aliphatic rings. The highest BCUT2D eigenvalue weighted by Crippen LogP contribution is 2.34. The van der Waals surface area contributed by atoms with Crippen molar-refractivity contribution in [3.63, 3.8) is 0 Å². The highest BCUT2D eigenvalue weighted by Gasteiger charge is 2.27. The quantitative estimate of drug-likeness (QED) is 0.572. The molecule has 9 nitrogen and oxygen atoms in total. The molecule has 0 saturated heterocycles. The number of nitriles is 1. The van der Waals surface area contributed by atoms with Gasteiger partial charge in [-0.25, -0.2) is 18.5 Å². The van der Waals surface area contributed by atoms with Gasteiger partial charge in [-0.05, 0) is 25.0 Å². The summed E-state index contributed by atoms with van der Waals surface area (Å²) in [6.07, 6.45) is 1.06. The lowest BCUT2D eigenvalue weighted by atomic mass is 10.0. The predicted molar refractivity (Wildman–Crippen MR) is 117 cm³/mol. The van der Waals surface area contributed by atoms with Gasteiger partial charge in [0.1, 0.15) is 17.9 Å². The van der Waals surface area contributed by atoms with Crippen LogP contribution in [0.4, 0.5) is 5.82 Å². The second-order valence-electron chi connectivity index (χ2n) is 7.56. The number of fused-ring (bicyclic) bond motifs is 5. The Morgan fingerprint density at radius 3 is 2.87 bits per heavy atom. The number of hydrogen-bond donors (Lipinski definition) is 1. The molecule has 2 atom stereocenters. The number of nitrogens with zero attached hydrogens (tertiary/aromatic N) is 6. The van der Waals surface area contributed by atoms with Gasteiger partial charge in [0.2, 0.25) is 0 Å². The summed E-state index contributed by atoms with van der Waals surface area (Å²) < 4.78 is 25.6. The van der Waals surface area contributed by atoms with E-state index in [-0.39, 0.29) is 23.2 Å².